The Morgan fingerprint density at radius 1 is 1.17 bits per heavy atom. The van der Waals surface area contributed by atoms with Gasteiger partial charge >= 0.3 is 6.18 Å². The number of β-amino-alcohol motifs (C(OH)–C–C–N with tert-alkyl or cyclic N) is 1. The first kappa shape index (κ1) is 16.3. The number of hydrogen-bond acceptors (Lipinski definition) is 4. The fourth-order valence-electron chi connectivity index (χ4n) is 2.92. The maximum atomic E-state index is 12.7. The topological polar surface area (TPSA) is 60.2 Å². The van der Waals surface area contributed by atoms with E-state index in [1.54, 1.807) is 18.2 Å². The van der Waals surface area contributed by atoms with E-state index in [9.17, 15) is 18.3 Å². The molecule has 1 aliphatic heterocycles. The van der Waals surface area contributed by atoms with Crippen LogP contribution in [-0.4, -0.2) is 22.7 Å². The van der Waals surface area contributed by atoms with E-state index in [4.69, 9.17) is 5.26 Å². The first-order valence-corrected chi connectivity index (χ1v) is 7.37. The minimum Gasteiger partial charge on any atom is -0.391 e. The van der Waals surface area contributed by atoms with E-state index in [2.05, 4.69) is 4.98 Å². The molecule has 2 atom stereocenters. The zero-order chi connectivity index (χ0) is 17.3. The monoisotopic (exact) mass is 333 g/mol. The normalized spacial score (nSPS) is 20.9. The van der Waals surface area contributed by atoms with Gasteiger partial charge in [0.15, 0.2) is 0 Å². The number of pyridine rings is 1. The molecule has 1 N–H and O–H groups in total. The lowest BCUT2D eigenvalue weighted by Crippen LogP contribution is -2.25. The van der Waals surface area contributed by atoms with Crippen molar-refractivity contribution in [3.8, 4) is 6.07 Å². The summed E-state index contributed by atoms with van der Waals surface area (Å²) in [5.41, 5.74) is 0.213. The standard InChI is InChI=1S/C17H14F3N3O/c18-17(19,20)12-6-4-11(5-7-12)15-8-14(24)10-23(15)16-3-1-2-13(9-21)22-16/h1-7,14-15,24H,8,10H2/t14-,15-/m1/s1. The van der Waals surface area contributed by atoms with Gasteiger partial charge in [0.05, 0.1) is 17.7 Å². The van der Waals surface area contributed by atoms with Crippen LogP contribution in [0.15, 0.2) is 42.5 Å². The van der Waals surface area contributed by atoms with Crippen molar-refractivity contribution in [1.82, 2.24) is 4.98 Å². The number of halogens is 3. The summed E-state index contributed by atoms with van der Waals surface area (Å²) in [6, 6.07) is 11.6. The molecule has 2 aromatic rings. The number of aliphatic hydroxyl groups excluding tert-OH is 1. The Hall–Kier alpha value is -2.59. The number of anilines is 1. The number of alkyl halides is 3. The predicted molar refractivity (Wildman–Crippen MR) is 81.1 cm³/mol. The van der Waals surface area contributed by atoms with Crippen LogP contribution in [-0.2, 0) is 6.18 Å². The van der Waals surface area contributed by atoms with Gasteiger partial charge in [-0.25, -0.2) is 4.98 Å². The van der Waals surface area contributed by atoms with Crippen LogP contribution in [0, 0.1) is 11.3 Å². The Morgan fingerprint density at radius 2 is 1.88 bits per heavy atom. The molecule has 124 valence electrons. The van der Waals surface area contributed by atoms with Crippen molar-refractivity contribution in [2.45, 2.75) is 24.7 Å². The van der Waals surface area contributed by atoms with Crippen LogP contribution in [0.4, 0.5) is 19.0 Å². The average molecular weight is 333 g/mol. The third kappa shape index (κ3) is 3.19. The number of rotatable bonds is 2. The third-order valence-electron chi connectivity index (χ3n) is 4.04. The molecule has 0 bridgehead atoms. The highest BCUT2D eigenvalue weighted by Gasteiger charge is 2.34. The number of hydrogen-bond donors (Lipinski definition) is 1. The van der Waals surface area contributed by atoms with Gasteiger partial charge in [-0.3, -0.25) is 0 Å². The first-order chi connectivity index (χ1) is 11.4. The van der Waals surface area contributed by atoms with Gasteiger partial charge in [-0.1, -0.05) is 18.2 Å². The van der Waals surface area contributed by atoms with Crippen LogP contribution in [0.3, 0.4) is 0 Å². The molecule has 24 heavy (non-hydrogen) atoms. The van der Waals surface area contributed by atoms with Gasteiger partial charge < -0.3 is 10.0 Å². The van der Waals surface area contributed by atoms with Gasteiger partial charge in [-0.15, -0.1) is 0 Å². The molecule has 3 rings (SSSR count). The molecule has 0 aliphatic carbocycles. The average Bonchev–Trinajstić information content (AvgIpc) is 2.96. The second-order valence-corrected chi connectivity index (χ2v) is 5.67. The van der Waals surface area contributed by atoms with Crippen molar-refractivity contribution in [1.29, 1.82) is 5.26 Å². The second kappa shape index (κ2) is 6.13. The molecule has 0 unspecified atom stereocenters. The quantitative estimate of drug-likeness (QED) is 0.916. The van der Waals surface area contributed by atoms with Crippen molar-refractivity contribution < 1.29 is 18.3 Å². The van der Waals surface area contributed by atoms with Crippen molar-refractivity contribution in [2.75, 3.05) is 11.4 Å². The number of nitriles is 1. The summed E-state index contributed by atoms with van der Waals surface area (Å²) in [7, 11) is 0. The van der Waals surface area contributed by atoms with Gasteiger partial charge in [-0.2, -0.15) is 18.4 Å². The van der Waals surface area contributed by atoms with Gasteiger partial charge in [0, 0.05) is 6.54 Å². The van der Waals surface area contributed by atoms with Crippen LogP contribution >= 0.6 is 0 Å². The van der Waals surface area contributed by atoms with Crippen LogP contribution in [0.25, 0.3) is 0 Å². The number of nitrogens with zero attached hydrogens (tertiary/aromatic N) is 3. The Labute approximate surface area is 136 Å². The number of aromatic nitrogens is 1. The highest BCUT2D eigenvalue weighted by molar-refractivity contribution is 5.47. The Morgan fingerprint density at radius 3 is 2.50 bits per heavy atom. The van der Waals surface area contributed by atoms with Gasteiger partial charge in [0.2, 0.25) is 0 Å². The lowest BCUT2D eigenvalue weighted by molar-refractivity contribution is -0.137. The van der Waals surface area contributed by atoms with Crippen molar-refractivity contribution in [2.24, 2.45) is 0 Å². The van der Waals surface area contributed by atoms with Crippen LogP contribution in [0.5, 0.6) is 0 Å². The maximum Gasteiger partial charge on any atom is 0.416 e. The molecule has 2 heterocycles. The van der Waals surface area contributed by atoms with E-state index in [0.717, 1.165) is 12.1 Å². The summed E-state index contributed by atoms with van der Waals surface area (Å²) in [4.78, 5) is 6.03. The molecule has 1 fully saturated rings. The number of aliphatic hydroxyl groups is 1. The molecule has 1 aromatic carbocycles. The molecule has 0 radical (unpaired) electrons. The molecular weight excluding hydrogens is 319 g/mol. The van der Waals surface area contributed by atoms with Gasteiger partial charge in [0.25, 0.3) is 0 Å². The van der Waals surface area contributed by atoms with E-state index in [-0.39, 0.29) is 11.7 Å². The summed E-state index contributed by atoms with van der Waals surface area (Å²) in [5.74, 6) is 0.524. The maximum absolute atomic E-state index is 12.7. The van der Waals surface area contributed by atoms with E-state index in [1.165, 1.54) is 12.1 Å². The zero-order valence-corrected chi connectivity index (χ0v) is 12.5. The summed E-state index contributed by atoms with van der Waals surface area (Å²) in [5, 5.41) is 18.9. The Balaban J connectivity index is 1.92. The minimum absolute atomic E-state index is 0.250. The SMILES string of the molecule is N#Cc1cccc(N2C[C@H](O)C[C@@H]2c2ccc(C(F)(F)F)cc2)n1. The lowest BCUT2D eigenvalue weighted by Gasteiger charge is -2.26. The van der Waals surface area contributed by atoms with E-state index in [1.807, 2.05) is 11.0 Å². The van der Waals surface area contributed by atoms with E-state index >= 15 is 0 Å². The summed E-state index contributed by atoms with van der Waals surface area (Å²) in [6.07, 6.45) is -4.59. The molecule has 7 heteroatoms. The molecule has 1 saturated heterocycles. The molecular formula is C17H14F3N3O. The van der Waals surface area contributed by atoms with Crippen LogP contribution in [0.1, 0.15) is 29.3 Å². The Kier molecular flexibility index (Phi) is 4.16. The van der Waals surface area contributed by atoms with Gasteiger partial charge in [-0.05, 0) is 36.2 Å². The molecule has 4 nitrogen and oxygen atoms in total. The largest absolute Gasteiger partial charge is 0.416 e. The summed E-state index contributed by atoms with van der Waals surface area (Å²) < 4.78 is 38.1. The number of benzene rings is 1. The highest BCUT2D eigenvalue weighted by atomic mass is 19.4. The molecule has 0 spiro atoms. The predicted octanol–water partition coefficient (Wildman–Crippen LogP) is 3.28. The van der Waals surface area contributed by atoms with Crippen molar-refractivity contribution in [3.63, 3.8) is 0 Å². The second-order valence-electron chi connectivity index (χ2n) is 5.67. The molecule has 1 aliphatic rings. The highest BCUT2D eigenvalue weighted by Crippen LogP contribution is 2.37. The zero-order valence-electron chi connectivity index (χ0n) is 12.5. The smallest absolute Gasteiger partial charge is 0.391 e. The van der Waals surface area contributed by atoms with Crippen LogP contribution in [0.2, 0.25) is 0 Å². The molecule has 0 saturated carbocycles. The minimum atomic E-state index is -4.38. The summed E-state index contributed by atoms with van der Waals surface area (Å²) >= 11 is 0. The van der Waals surface area contributed by atoms with E-state index < -0.39 is 17.8 Å². The summed E-state index contributed by atoms with van der Waals surface area (Å²) in [6.45, 7) is 0.313. The molecule has 1 aromatic heterocycles. The van der Waals surface area contributed by atoms with Gasteiger partial charge in [0.1, 0.15) is 17.6 Å². The third-order valence-corrected chi connectivity index (χ3v) is 4.04. The van der Waals surface area contributed by atoms with Crippen molar-refractivity contribution >= 4 is 5.82 Å². The van der Waals surface area contributed by atoms with Crippen LogP contribution < -0.4 is 4.90 Å². The van der Waals surface area contributed by atoms with Crippen molar-refractivity contribution in [3.05, 3.63) is 59.3 Å². The first-order valence-electron chi connectivity index (χ1n) is 7.37. The fraction of sp³-hybridized carbons (Fsp3) is 0.294. The molecule has 0 amide bonds. The Bertz CT molecular complexity index is 768. The van der Waals surface area contributed by atoms with E-state index in [0.29, 0.717) is 24.3 Å². The fourth-order valence-corrected chi connectivity index (χ4v) is 2.92. The lowest BCUT2D eigenvalue weighted by atomic mass is 10.0.